The summed E-state index contributed by atoms with van der Waals surface area (Å²) in [7, 11) is -8.28. The fraction of sp³-hybridized carbons (Fsp3) is 1.00. The highest BCUT2D eigenvalue weighted by atomic mass is 28.5. The molecule has 0 amide bonds. The van der Waals surface area contributed by atoms with Crippen LogP contribution in [0.2, 0.25) is 64.5 Å². The molecule has 33 heavy (non-hydrogen) atoms. The predicted molar refractivity (Wildman–Crippen MR) is 150 cm³/mol. The van der Waals surface area contributed by atoms with Gasteiger partial charge in [0.25, 0.3) is 0 Å². The van der Waals surface area contributed by atoms with Gasteiger partial charge in [0.2, 0.25) is 0 Å². The van der Waals surface area contributed by atoms with E-state index in [0.29, 0.717) is 5.54 Å². The molecule has 0 spiro atoms. The van der Waals surface area contributed by atoms with Gasteiger partial charge >= 0.3 is 8.80 Å². The fourth-order valence-electron chi connectivity index (χ4n) is 8.54. The van der Waals surface area contributed by atoms with Gasteiger partial charge in [0.15, 0.2) is 25.0 Å². The Kier molecular flexibility index (Phi) is 7.26. The van der Waals surface area contributed by atoms with Crippen molar-refractivity contribution in [2.45, 2.75) is 117 Å². The fourth-order valence-corrected chi connectivity index (χ4v) is 23.7. The van der Waals surface area contributed by atoms with E-state index in [1.165, 1.54) is 38.5 Å². The lowest BCUT2D eigenvalue weighted by Crippen LogP contribution is -2.64. The molecule has 4 aliphatic rings. The summed E-state index contributed by atoms with van der Waals surface area (Å²) in [6.07, 6.45) is 8.70. The molecule has 4 aliphatic carbocycles. The predicted octanol–water partition coefficient (Wildman–Crippen LogP) is 8.21. The first-order valence-corrected chi connectivity index (χ1v) is 26.1. The third-order valence-electron chi connectivity index (χ3n) is 9.50. The molecule has 7 heteroatoms. The van der Waals surface area contributed by atoms with E-state index in [1.54, 1.807) is 0 Å². The number of rotatable bonds is 9. The van der Waals surface area contributed by atoms with Gasteiger partial charge in [0.05, 0.1) is 0 Å². The highest BCUT2D eigenvalue weighted by Crippen LogP contribution is 2.65. The third kappa shape index (κ3) is 5.69. The van der Waals surface area contributed by atoms with Gasteiger partial charge < -0.3 is 12.3 Å². The molecule has 4 saturated carbocycles. The molecule has 4 fully saturated rings. The van der Waals surface area contributed by atoms with Gasteiger partial charge in [0, 0.05) is 5.54 Å². The van der Waals surface area contributed by atoms with Crippen molar-refractivity contribution < 1.29 is 12.3 Å². The molecule has 4 bridgehead atoms. The van der Waals surface area contributed by atoms with Crippen molar-refractivity contribution in [3.8, 4) is 0 Å². The highest BCUT2D eigenvalue weighted by molar-refractivity contribution is 6.90. The summed E-state index contributed by atoms with van der Waals surface area (Å²) in [5.41, 5.74) is 0.530. The van der Waals surface area contributed by atoms with E-state index in [9.17, 15) is 0 Å². The maximum absolute atomic E-state index is 7.24. The summed E-state index contributed by atoms with van der Waals surface area (Å²) in [6.45, 7) is 26.3. The topological polar surface area (TPSA) is 27.7 Å². The molecule has 9 unspecified atom stereocenters. The minimum Gasteiger partial charge on any atom is -0.417 e. The lowest BCUT2D eigenvalue weighted by atomic mass is 9.69. The van der Waals surface area contributed by atoms with Crippen molar-refractivity contribution in [3.63, 3.8) is 0 Å². The van der Waals surface area contributed by atoms with Crippen LogP contribution in [0.25, 0.3) is 0 Å². The summed E-state index contributed by atoms with van der Waals surface area (Å²) in [4.78, 5) is 0. The average Bonchev–Trinajstić information content (AvgIpc) is 3.34. The van der Waals surface area contributed by atoms with Crippen LogP contribution in [0.3, 0.4) is 0 Å². The lowest BCUT2D eigenvalue weighted by Gasteiger charge is -2.50. The van der Waals surface area contributed by atoms with Crippen molar-refractivity contribution in [2.75, 3.05) is 0 Å². The minimum atomic E-state index is -2.80. The van der Waals surface area contributed by atoms with Gasteiger partial charge in [-0.3, -0.25) is 0 Å². The molecule has 0 aliphatic heterocycles. The summed E-state index contributed by atoms with van der Waals surface area (Å²) in [6, 6.07) is 0. The van der Waals surface area contributed by atoms with Crippen LogP contribution in [-0.2, 0) is 12.3 Å². The maximum Gasteiger partial charge on any atom is 0.473 e. The van der Waals surface area contributed by atoms with Crippen LogP contribution < -0.4 is 0 Å². The molecule has 9 atom stereocenters. The van der Waals surface area contributed by atoms with Gasteiger partial charge in [-0.15, -0.1) is 0 Å². The van der Waals surface area contributed by atoms with Crippen LogP contribution in [0.1, 0.15) is 52.4 Å². The van der Waals surface area contributed by atoms with Crippen LogP contribution in [0.15, 0.2) is 0 Å². The first-order valence-electron chi connectivity index (χ1n) is 14.1. The second kappa shape index (κ2) is 8.94. The standard InChI is InChI=1S/C26H54O3Si4/c1-18-20-12-13-21(14-20)23(18)17-24-19(2)22-15-25(24)26(16-22)33(27-30(3,4)5,28-31(6,7)8)29-32(9,10)11/h18-26H,12-17H2,1-11H3. The Bertz CT molecular complexity index is 667. The SMILES string of the molecule is CC1C2CCC(C2)C1CC1C(C)C2CC1C([Si](O[Si](C)(C)C)(O[Si](C)(C)C)O[Si](C)(C)C)C2. The number of hydrogen-bond acceptors (Lipinski definition) is 3. The normalized spacial score (nSPS) is 41.4. The van der Waals surface area contributed by atoms with Crippen molar-refractivity contribution in [2.24, 2.45) is 47.3 Å². The molecule has 0 aromatic heterocycles. The minimum absolute atomic E-state index is 0.530. The van der Waals surface area contributed by atoms with Crippen LogP contribution in [-0.4, -0.2) is 33.8 Å². The Morgan fingerprint density at radius 1 is 0.576 bits per heavy atom. The Morgan fingerprint density at radius 3 is 1.48 bits per heavy atom. The Labute approximate surface area is 209 Å². The summed E-state index contributed by atoms with van der Waals surface area (Å²) in [5, 5.41) is 0. The summed E-state index contributed by atoms with van der Waals surface area (Å²) >= 11 is 0. The molecular formula is C26H54O3Si4. The van der Waals surface area contributed by atoms with Crippen LogP contribution >= 0.6 is 0 Å². The Morgan fingerprint density at radius 2 is 1.06 bits per heavy atom. The Balaban J connectivity index is 1.65. The summed E-state index contributed by atoms with van der Waals surface area (Å²) in [5.74, 6) is 7.30. The van der Waals surface area contributed by atoms with Gasteiger partial charge in [-0.05, 0) is 145 Å². The monoisotopic (exact) mass is 526 g/mol. The van der Waals surface area contributed by atoms with E-state index in [2.05, 4.69) is 72.8 Å². The zero-order chi connectivity index (χ0) is 24.6. The third-order valence-corrected chi connectivity index (χ3v) is 21.8. The first kappa shape index (κ1) is 26.8. The largest absolute Gasteiger partial charge is 0.473 e. The van der Waals surface area contributed by atoms with E-state index in [-0.39, 0.29) is 0 Å². The van der Waals surface area contributed by atoms with Crippen LogP contribution in [0.4, 0.5) is 0 Å². The molecule has 3 nitrogen and oxygen atoms in total. The van der Waals surface area contributed by atoms with E-state index in [1.807, 2.05) is 0 Å². The van der Waals surface area contributed by atoms with Crippen LogP contribution in [0, 0.1) is 47.3 Å². The van der Waals surface area contributed by atoms with Gasteiger partial charge in [0.1, 0.15) is 0 Å². The van der Waals surface area contributed by atoms with E-state index < -0.39 is 33.8 Å². The molecule has 0 aromatic rings. The van der Waals surface area contributed by atoms with Crippen LogP contribution in [0.5, 0.6) is 0 Å². The van der Waals surface area contributed by atoms with E-state index >= 15 is 0 Å². The maximum atomic E-state index is 7.24. The van der Waals surface area contributed by atoms with Gasteiger partial charge in [-0.1, -0.05) is 13.8 Å². The first-order chi connectivity index (χ1) is 15.0. The zero-order valence-corrected chi connectivity index (χ0v) is 27.7. The molecule has 4 rings (SSSR count). The molecule has 0 saturated heterocycles. The highest BCUT2D eigenvalue weighted by Gasteiger charge is 2.65. The molecule has 0 radical (unpaired) electrons. The molecule has 192 valence electrons. The smallest absolute Gasteiger partial charge is 0.417 e. The summed E-state index contributed by atoms with van der Waals surface area (Å²) < 4.78 is 21.7. The van der Waals surface area contributed by atoms with Crippen molar-refractivity contribution in [1.29, 1.82) is 0 Å². The quantitative estimate of drug-likeness (QED) is 0.283. The van der Waals surface area contributed by atoms with Crippen molar-refractivity contribution in [3.05, 3.63) is 0 Å². The lowest BCUT2D eigenvalue weighted by molar-refractivity contribution is 0.118. The molecule has 0 aromatic carbocycles. The number of hydrogen-bond donors (Lipinski definition) is 0. The average molecular weight is 527 g/mol. The molecular weight excluding hydrogens is 473 g/mol. The molecule has 0 N–H and O–H groups in total. The van der Waals surface area contributed by atoms with Crippen molar-refractivity contribution >= 4 is 33.8 Å². The Hall–Kier alpha value is 0.748. The molecule has 0 heterocycles. The van der Waals surface area contributed by atoms with E-state index in [4.69, 9.17) is 12.3 Å². The van der Waals surface area contributed by atoms with Gasteiger partial charge in [-0.2, -0.15) is 0 Å². The van der Waals surface area contributed by atoms with Gasteiger partial charge in [-0.25, -0.2) is 0 Å². The zero-order valence-electron chi connectivity index (χ0n) is 23.7. The second-order valence-corrected chi connectivity index (χ2v) is 32.4. The van der Waals surface area contributed by atoms with E-state index in [0.717, 1.165) is 47.3 Å². The second-order valence-electron chi connectivity index (χ2n) is 15.4. The number of fused-ring (bicyclic) bond motifs is 4. The van der Waals surface area contributed by atoms with Crippen molar-refractivity contribution in [1.82, 2.24) is 0 Å².